The normalized spacial score (nSPS) is 16.8. The van der Waals surface area contributed by atoms with Crippen LogP contribution < -0.4 is 91.2 Å². The zero-order valence-corrected chi connectivity index (χ0v) is 15.4. The predicted octanol–water partition coefficient (Wildman–Crippen LogP) is -6.92. The van der Waals surface area contributed by atoms with Crippen LogP contribution >= 0.6 is 0 Å². The van der Waals surface area contributed by atoms with Crippen molar-refractivity contribution in [2.75, 3.05) is 0 Å². The van der Waals surface area contributed by atoms with Crippen LogP contribution in [0.3, 0.4) is 0 Å². The van der Waals surface area contributed by atoms with Crippen LogP contribution in [0.4, 0.5) is 0 Å². The molecule has 0 saturated heterocycles. The fraction of sp³-hybridized carbons (Fsp3) is 0.800. The van der Waals surface area contributed by atoms with Gasteiger partial charge < -0.3 is 19.8 Å². The number of carbonyl (C=O) groups excluding carboxylic acids is 2. The van der Waals surface area contributed by atoms with Crippen molar-refractivity contribution in [1.82, 2.24) is 0 Å². The molecule has 1 saturated carbocycles. The largest absolute Gasteiger partial charge is 1.00 e. The summed E-state index contributed by atoms with van der Waals surface area (Å²) in [4.78, 5) is 21.7. The summed E-state index contributed by atoms with van der Waals surface area (Å²) in [5.74, 6) is -3.39. The second-order valence-electron chi connectivity index (χ2n) is 4.11. The van der Waals surface area contributed by atoms with Gasteiger partial charge in [-0.05, 0) is 25.7 Å². The molecule has 1 rings (SSSR count). The van der Waals surface area contributed by atoms with Gasteiger partial charge in [-0.25, -0.2) is 0 Å². The standard InChI is InChI=1S/C10H16O4.K.Na/c1-10(8(11)12,9(13)14)7-5-3-2-4-6-7;;/h7H,2-6H2,1H3,(H,11,12)(H,13,14);;/q;2*+1/p-2. The molecule has 0 radical (unpaired) electrons. The zero-order chi connectivity index (χ0) is 10.8. The molecule has 6 heteroatoms. The van der Waals surface area contributed by atoms with Crippen molar-refractivity contribution in [3.63, 3.8) is 0 Å². The van der Waals surface area contributed by atoms with Gasteiger partial charge in [-0.2, -0.15) is 0 Å². The maximum absolute atomic E-state index is 10.8. The predicted molar refractivity (Wildman–Crippen MR) is 44.7 cm³/mol. The van der Waals surface area contributed by atoms with E-state index in [2.05, 4.69) is 0 Å². The Labute approximate surface area is 160 Å². The zero-order valence-electron chi connectivity index (χ0n) is 10.2. The van der Waals surface area contributed by atoms with Gasteiger partial charge in [0, 0.05) is 5.41 Å². The van der Waals surface area contributed by atoms with E-state index < -0.39 is 17.4 Å². The topological polar surface area (TPSA) is 80.3 Å². The third-order valence-electron chi connectivity index (χ3n) is 3.27. The molecule has 0 aromatic rings. The molecular formula is C10H14KNaO4. The van der Waals surface area contributed by atoms with Gasteiger partial charge in [0.2, 0.25) is 0 Å². The van der Waals surface area contributed by atoms with Gasteiger partial charge in [0.05, 0.1) is 11.9 Å². The average molecular weight is 260 g/mol. The van der Waals surface area contributed by atoms with E-state index in [0.29, 0.717) is 12.8 Å². The SMILES string of the molecule is CC(C(=O)[O-])(C(=O)[O-])C1CCCCC1.[K+].[Na+]. The molecule has 0 bridgehead atoms. The van der Waals surface area contributed by atoms with Crippen molar-refractivity contribution >= 4 is 11.9 Å². The van der Waals surface area contributed by atoms with Gasteiger partial charge in [-0.15, -0.1) is 0 Å². The third kappa shape index (κ3) is 4.35. The van der Waals surface area contributed by atoms with Crippen LogP contribution in [0.5, 0.6) is 0 Å². The summed E-state index contributed by atoms with van der Waals surface area (Å²) in [6.07, 6.45) is 4.10. The Morgan fingerprint density at radius 2 is 1.44 bits per heavy atom. The molecule has 0 unspecified atom stereocenters. The van der Waals surface area contributed by atoms with Crippen LogP contribution in [0, 0.1) is 11.3 Å². The number of carboxylic acids is 2. The Hall–Kier alpha value is 1.58. The number of carboxylic acid groups (broad SMARTS) is 2. The first-order valence-corrected chi connectivity index (χ1v) is 4.92. The molecule has 0 heterocycles. The second-order valence-corrected chi connectivity index (χ2v) is 4.11. The van der Waals surface area contributed by atoms with Crippen molar-refractivity contribution in [3.8, 4) is 0 Å². The van der Waals surface area contributed by atoms with Crippen LogP contribution in [0.2, 0.25) is 0 Å². The fourth-order valence-electron chi connectivity index (χ4n) is 2.10. The van der Waals surface area contributed by atoms with Crippen molar-refractivity contribution in [3.05, 3.63) is 0 Å². The van der Waals surface area contributed by atoms with E-state index in [9.17, 15) is 19.8 Å². The summed E-state index contributed by atoms with van der Waals surface area (Å²) in [6.45, 7) is 1.20. The number of aliphatic carboxylic acids is 2. The van der Waals surface area contributed by atoms with E-state index in [4.69, 9.17) is 0 Å². The smallest absolute Gasteiger partial charge is 0.549 e. The summed E-state index contributed by atoms with van der Waals surface area (Å²) in [5, 5.41) is 21.7. The molecule has 0 aliphatic heterocycles. The Morgan fingerprint density at radius 3 is 1.75 bits per heavy atom. The molecule has 0 spiro atoms. The summed E-state index contributed by atoms with van der Waals surface area (Å²) in [6, 6.07) is 0. The maximum Gasteiger partial charge on any atom is 1.00 e. The molecule has 0 amide bonds. The number of carbonyl (C=O) groups is 2. The number of hydrogen-bond acceptors (Lipinski definition) is 4. The molecule has 1 aliphatic carbocycles. The molecule has 80 valence electrons. The summed E-state index contributed by atoms with van der Waals surface area (Å²) >= 11 is 0. The van der Waals surface area contributed by atoms with E-state index in [-0.39, 0.29) is 86.9 Å². The van der Waals surface area contributed by atoms with Gasteiger partial charge in [0.1, 0.15) is 0 Å². The minimum atomic E-state index is -1.82. The van der Waals surface area contributed by atoms with Gasteiger partial charge in [0.15, 0.2) is 0 Å². The minimum absolute atomic E-state index is 0. The summed E-state index contributed by atoms with van der Waals surface area (Å²) in [5.41, 5.74) is -1.82. The Bertz CT molecular complexity index is 237. The van der Waals surface area contributed by atoms with Crippen molar-refractivity contribution in [2.24, 2.45) is 11.3 Å². The molecule has 1 fully saturated rings. The Balaban J connectivity index is 0. The summed E-state index contributed by atoms with van der Waals surface area (Å²) < 4.78 is 0. The Kier molecular flexibility index (Phi) is 10.7. The van der Waals surface area contributed by atoms with Crippen LogP contribution in [-0.2, 0) is 9.59 Å². The van der Waals surface area contributed by atoms with Gasteiger partial charge in [-0.1, -0.05) is 19.3 Å². The quantitative estimate of drug-likeness (QED) is 0.373. The second kappa shape index (κ2) is 8.64. The average Bonchev–Trinajstić information content (AvgIpc) is 2.17. The van der Waals surface area contributed by atoms with Gasteiger partial charge in [0.25, 0.3) is 0 Å². The van der Waals surface area contributed by atoms with Gasteiger partial charge in [-0.3, -0.25) is 0 Å². The number of rotatable bonds is 3. The van der Waals surface area contributed by atoms with Crippen molar-refractivity contribution in [1.29, 1.82) is 0 Å². The Morgan fingerprint density at radius 1 is 1.06 bits per heavy atom. The van der Waals surface area contributed by atoms with E-state index in [1.165, 1.54) is 6.92 Å². The maximum atomic E-state index is 10.8. The molecule has 0 N–H and O–H groups in total. The van der Waals surface area contributed by atoms with E-state index >= 15 is 0 Å². The monoisotopic (exact) mass is 260 g/mol. The van der Waals surface area contributed by atoms with Crippen LogP contribution in [-0.4, -0.2) is 11.9 Å². The molecule has 0 aromatic heterocycles. The molecule has 16 heavy (non-hydrogen) atoms. The molecular weight excluding hydrogens is 246 g/mol. The fourth-order valence-corrected chi connectivity index (χ4v) is 2.10. The van der Waals surface area contributed by atoms with E-state index in [1.54, 1.807) is 0 Å². The first-order chi connectivity index (χ1) is 6.49. The van der Waals surface area contributed by atoms with Crippen molar-refractivity contribution < 1.29 is 101 Å². The molecule has 0 atom stereocenters. The molecule has 0 aromatic carbocycles. The van der Waals surface area contributed by atoms with Crippen molar-refractivity contribution in [2.45, 2.75) is 39.0 Å². The van der Waals surface area contributed by atoms with Crippen LogP contribution in [0.25, 0.3) is 0 Å². The van der Waals surface area contributed by atoms with E-state index in [1.807, 2.05) is 0 Å². The summed E-state index contributed by atoms with van der Waals surface area (Å²) in [7, 11) is 0. The molecule has 1 aliphatic rings. The number of hydrogen-bond donors (Lipinski definition) is 0. The minimum Gasteiger partial charge on any atom is -0.549 e. The van der Waals surface area contributed by atoms with Crippen LogP contribution in [0.15, 0.2) is 0 Å². The molecule has 4 nitrogen and oxygen atoms in total. The van der Waals surface area contributed by atoms with E-state index in [0.717, 1.165) is 19.3 Å². The third-order valence-corrected chi connectivity index (χ3v) is 3.27. The first-order valence-electron chi connectivity index (χ1n) is 4.92. The van der Waals surface area contributed by atoms with Crippen LogP contribution in [0.1, 0.15) is 39.0 Å². The van der Waals surface area contributed by atoms with Gasteiger partial charge >= 0.3 is 80.9 Å². The first kappa shape index (κ1) is 19.9.